The number of aliphatic hydroxyl groups excluding tert-OH is 2. The van der Waals surface area contributed by atoms with Gasteiger partial charge in [0.05, 0.1) is 34.2 Å². The lowest BCUT2D eigenvalue weighted by atomic mass is 9.41. The zero-order valence-electron chi connectivity index (χ0n) is 59.7. The molecule has 0 radical (unpaired) electrons. The molecule has 0 heterocycles. The lowest BCUT2D eigenvalue weighted by molar-refractivity contribution is -0.275. The molecule has 2 aromatic carbocycles. The second kappa shape index (κ2) is 28.9. The molecule has 8 saturated carbocycles. The number of halogens is 8. The number of alkyl halides is 8. The minimum atomic E-state index is -4.90. The summed E-state index contributed by atoms with van der Waals surface area (Å²) in [5, 5.41) is 21.4. The minimum absolute atomic E-state index is 0.00179. The average Bonchev–Trinajstić information content (AvgIpc) is 1.19. The number of ether oxygens (including phenoxy) is 2. The number of fused-ring (bicyclic) bond motifs is 10. The standard InChI is InChI=1S/2C36H55F4NO6SSi/c2*1-8-24-31-32(37)28(42)18-20-35(31,4)27-17-19-34(3)25(14-15-26(34)30(27)33(24)47-49(5,6)7)21(2)9-16-29(43)41-48(44,45)23-12-10-22(11-13-23)46-36(38,39)40/h2*10-13,21,24-28,30-33,42H,8-9,14-20H2,1-7H3,(H,41,43)/t2*21-,24-,25?,26?,27?,28-,30?,31-,32+,33-,34-,35-/m11/s1. The number of carbonyl (C=O) groups is 2. The molecular formula is C72H110F8N2O12S2Si2. The maximum Gasteiger partial charge on any atom is 0.573 e. The van der Waals surface area contributed by atoms with Crippen molar-refractivity contribution >= 4 is 48.5 Å². The molecule has 8 aliphatic rings. The minimum Gasteiger partial charge on any atom is -0.414 e. The Balaban J connectivity index is 0.000000229. The third kappa shape index (κ3) is 16.3. The predicted molar refractivity (Wildman–Crippen MR) is 362 cm³/mol. The van der Waals surface area contributed by atoms with Crippen LogP contribution >= 0.6 is 0 Å². The summed E-state index contributed by atoms with van der Waals surface area (Å²) in [5.74, 6) is 0.0605. The zero-order chi connectivity index (χ0) is 72.6. The number of sulfonamides is 2. The Morgan fingerprint density at radius 3 is 1.12 bits per heavy atom. The van der Waals surface area contributed by atoms with Crippen molar-refractivity contribution in [3.63, 3.8) is 0 Å². The van der Waals surface area contributed by atoms with Gasteiger partial charge >= 0.3 is 12.7 Å². The Bertz CT molecular complexity index is 3130. The Hall–Kier alpha value is -3.41. The number of aliphatic hydroxyl groups is 2. The summed E-state index contributed by atoms with van der Waals surface area (Å²) in [6.45, 7) is 31.2. The molecule has 8 unspecified atom stereocenters. The number of rotatable bonds is 20. The van der Waals surface area contributed by atoms with Gasteiger partial charge in [-0.2, -0.15) is 0 Å². The average molecular weight is 1470 g/mol. The summed E-state index contributed by atoms with van der Waals surface area (Å²) in [6, 6.07) is 7.43. The molecule has 0 aromatic heterocycles. The van der Waals surface area contributed by atoms with Crippen molar-refractivity contribution in [2.45, 2.75) is 270 Å². The summed E-state index contributed by atoms with van der Waals surface area (Å²) < 4.78 is 184. The quantitative estimate of drug-likeness (QED) is 0.0722. The number of hydrogen-bond acceptors (Lipinski definition) is 12. The monoisotopic (exact) mass is 1470 g/mol. The Kier molecular flexibility index (Phi) is 23.2. The molecule has 0 spiro atoms. The molecule has 10 rings (SSSR count). The van der Waals surface area contributed by atoms with Gasteiger partial charge in [-0.3, -0.25) is 9.59 Å². The summed E-state index contributed by atoms with van der Waals surface area (Å²) in [4.78, 5) is 25.1. The Labute approximate surface area is 579 Å². The van der Waals surface area contributed by atoms with Gasteiger partial charge in [0.1, 0.15) is 23.8 Å². The van der Waals surface area contributed by atoms with Gasteiger partial charge in [-0.1, -0.05) is 68.2 Å². The van der Waals surface area contributed by atoms with Crippen molar-refractivity contribution in [2.24, 2.45) is 105 Å². The first-order valence-corrected chi connectivity index (χ1v) is 45.8. The molecule has 8 aliphatic carbocycles. The Morgan fingerprint density at radius 2 is 0.827 bits per heavy atom. The molecule has 4 N–H and O–H groups in total. The fourth-order valence-corrected chi connectivity index (χ4v) is 26.6. The first-order chi connectivity index (χ1) is 45.2. The number of carbonyl (C=O) groups excluding carboxylic acids is 2. The van der Waals surface area contributed by atoms with Crippen molar-refractivity contribution in [2.75, 3.05) is 0 Å². The molecular weight excluding hydrogens is 1360 g/mol. The molecule has 556 valence electrons. The predicted octanol–water partition coefficient (Wildman–Crippen LogP) is 16.5. The molecule has 24 atom stereocenters. The van der Waals surface area contributed by atoms with Gasteiger partial charge in [0.2, 0.25) is 11.8 Å². The fourth-order valence-electron chi connectivity index (χ4n) is 22.3. The van der Waals surface area contributed by atoms with Gasteiger partial charge in [-0.25, -0.2) is 35.1 Å². The van der Waals surface area contributed by atoms with Crippen LogP contribution in [0.4, 0.5) is 35.1 Å². The molecule has 0 aliphatic heterocycles. The van der Waals surface area contributed by atoms with Crippen LogP contribution in [0.5, 0.6) is 11.5 Å². The van der Waals surface area contributed by atoms with Crippen LogP contribution in [0.15, 0.2) is 58.3 Å². The second-order valence-corrected chi connectivity index (χ2v) is 46.1. The van der Waals surface area contributed by atoms with Crippen molar-refractivity contribution in [3.8, 4) is 11.5 Å². The highest BCUT2D eigenvalue weighted by atomic mass is 32.2. The highest BCUT2D eigenvalue weighted by Crippen LogP contribution is 2.73. The van der Waals surface area contributed by atoms with Crippen LogP contribution in [0.2, 0.25) is 39.3 Å². The fraction of sp³-hybridized carbons (Fsp3) is 0.806. The second-order valence-electron chi connectivity index (χ2n) is 33.9. The van der Waals surface area contributed by atoms with E-state index >= 15 is 8.78 Å². The smallest absolute Gasteiger partial charge is 0.414 e. The lowest BCUT2D eigenvalue weighted by Crippen LogP contribution is -2.66. The number of hydrogen-bond donors (Lipinski definition) is 4. The topological polar surface area (TPSA) is 204 Å². The van der Waals surface area contributed by atoms with Crippen molar-refractivity contribution in [1.29, 1.82) is 0 Å². The maximum atomic E-state index is 16.1. The largest absolute Gasteiger partial charge is 0.573 e. The number of benzene rings is 2. The highest BCUT2D eigenvalue weighted by molar-refractivity contribution is 7.90. The van der Waals surface area contributed by atoms with Crippen LogP contribution in [0.25, 0.3) is 0 Å². The molecule has 8 fully saturated rings. The van der Waals surface area contributed by atoms with E-state index in [4.69, 9.17) is 8.85 Å². The zero-order valence-corrected chi connectivity index (χ0v) is 63.3. The third-order valence-corrected chi connectivity index (χ3v) is 30.9. The molecule has 98 heavy (non-hydrogen) atoms. The van der Waals surface area contributed by atoms with Crippen molar-refractivity contribution in [3.05, 3.63) is 48.5 Å². The van der Waals surface area contributed by atoms with E-state index in [2.05, 4.69) is 114 Å². The Morgan fingerprint density at radius 1 is 0.520 bits per heavy atom. The first-order valence-electron chi connectivity index (χ1n) is 36.0. The van der Waals surface area contributed by atoms with Crippen LogP contribution in [-0.2, 0) is 38.5 Å². The SMILES string of the molecule is CC[C@@H]1[C@@H]2[C@@H](F)[C@H](O)CC[C@]2(C)C2CC[C@@]3(C)C(CCC3[C@H](C)CCC(=O)NS(=O)(=O)c3ccc(OC(F)(F)F)cc3)C2[C@@H]1O[Si](C)(C)C.CC[C@@H]1[C@@H]2[C@@H](F)[C@H](O)CC[C@]2(C)C2CC[C@@]3(C)C(CCC3[C@H](C)CCC(=O)NS(=O)(=O)c3ccc(OC(F)(F)F)cc3)C2[C@@H]1O[Si](C)(C)C. The van der Waals surface area contributed by atoms with Crippen molar-refractivity contribution in [1.82, 2.24) is 9.44 Å². The third-order valence-electron chi connectivity index (χ3n) is 26.1. The molecule has 0 bridgehead atoms. The van der Waals surface area contributed by atoms with E-state index in [0.29, 0.717) is 61.2 Å². The number of amides is 2. The van der Waals surface area contributed by atoms with E-state index in [-0.39, 0.29) is 104 Å². The lowest BCUT2D eigenvalue weighted by Gasteiger charge is -2.66. The van der Waals surface area contributed by atoms with E-state index in [9.17, 15) is 63.0 Å². The molecule has 2 aromatic rings. The van der Waals surface area contributed by atoms with Crippen molar-refractivity contribution < 1.29 is 90.1 Å². The first kappa shape index (κ1) is 78.7. The highest BCUT2D eigenvalue weighted by Gasteiger charge is 2.70. The maximum absolute atomic E-state index is 16.1. The summed E-state index contributed by atoms with van der Waals surface area (Å²) >= 11 is 0. The summed E-state index contributed by atoms with van der Waals surface area (Å²) in [7, 11) is -12.6. The van der Waals surface area contributed by atoms with Gasteiger partial charge < -0.3 is 28.5 Å². The van der Waals surface area contributed by atoms with E-state index in [1.165, 1.54) is 0 Å². The van der Waals surface area contributed by atoms with E-state index in [1.54, 1.807) is 0 Å². The van der Waals surface area contributed by atoms with Gasteiger partial charge in [0.15, 0.2) is 16.6 Å². The van der Waals surface area contributed by atoms with Gasteiger partial charge in [-0.05, 0) is 270 Å². The van der Waals surface area contributed by atoms with Crippen LogP contribution in [0, 0.1) is 105 Å². The summed E-state index contributed by atoms with van der Waals surface area (Å²) in [5.41, 5.74) is -0.419. The summed E-state index contributed by atoms with van der Waals surface area (Å²) in [6.07, 6.45) is -1.04. The molecule has 14 nitrogen and oxygen atoms in total. The van der Waals surface area contributed by atoms with Crippen LogP contribution in [0.1, 0.15) is 171 Å². The van der Waals surface area contributed by atoms with E-state index in [0.717, 1.165) is 126 Å². The molecule has 0 saturated heterocycles. The van der Waals surface area contributed by atoms with Gasteiger partial charge in [-0.15, -0.1) is 26.3 Å². The van der Waals surface area contributed by atoms with Gasteiger partial charge in [0, 0.05) is 24.7 Å². The van der Waals surface area contributed by atoms with Crippen LogP contribution in [-0.4, -0.2) is 105 Å². The van der Waals surface area contributed by atoms with Gasteiger partial charge in [0.25, 0.3) is 20.0 Å². The van der Waals surface area contributed by atoms with Crippen LogP contribution in [0.3, 0.4) is 0 Å². The van der Waals surface area contributed by atoms with E-state index < -0.39 is 97.3 Å². The van der Waals surface area contributed by atoms with E-state index in [1.807, 2.05) is 0 Å². The normalized spacial score (nSPS) is 38.6. The number of nitrogens with one attached hydrogen (secondary N) is 2. The van der Waals surface area contributed by atoms with Crippen LogP contribution < -0.4 is 18.9 Å². The molecule has 26 heteroatoms. The molecule has 2 amide bonds.